The van der Waals surface area contributed by atoms with Crippen molar-refractivity contribution >= 4 is 50.7 Å². The Morgan fingerprint density at radius 1 is 1.32 bits per heavy atom. The molecule has 3 aromatic heterocycles. The van der Waals surface area contributed by atoms with Gasteiger partial charge in [-0.1, -0.05) is 6.92 Å². The van der Waals surface area contributed by atoms with Gasteiger partial charge in [0, 0.05) is 35.1 Å². The van der Waals surface area contributed by atoms with Crippen LogP contribution in [0.1, 0.15) is 66.2 Å². The highest BCUT2D eigenvalue weighted by Crippen LogP contribution is 2.45. The molecule has 1 unspecified atom stereocenters. The van der Waals surface area contributed by atoms with Crippen LogP contribution in [0.2, 0.25) is 0 Å². The Morgan fingerprint density at radius 3 is 2.76 bits per heavy atom. The van der Waals surface area contributed by atoms with Crippen LogP contribution in [0.4, 0.5) is 16.5 Å². The summed E-state index contributed by atoms with van der Waals surface area (Å²) in [5.74, 6) is -0.00645. The summed E-state index contributed by atoms with van der Waals surface area (Å²) >= 11 is 1.00. The standard InChI is InChI=1S/C26H29N7O3S/c1-4-12(2)29-23(28)21-24(35)32-37-25(21)31-15-7-8-16(19(34)10-15)26(36)33-11-17(14-5-6-14)20-18(33)9-13(3)30-22(20)27/h7-12,14,31,34H,4-6H2,1-3H3,(H2,27,30)(H2,28,29)(H,32,35). The molecule has 4 aromatic rings. The zero-order valence-electron chi connectivity index (χ0n) is 20.8. The van der Waals surface area contributed by atoms with Crippen molar-refractivity contribution in [1.29, 1.82) is 5.41 Å². The molecule has 0 amide bonds. The lowest BCUT2D eigenvalue weighted by atomic mass is 10.1. The second-order valence-electron chi connectivity index (χ2n) is 9.47. The van der Waals surface area contributed by atoms with E-state index in [0.29, 0.717) is 33.6 Å². The first-order valence-corrected chi connectivity index (χ1v) is 12.9. The zero-order valence-corrected chi connectivity index (χ0v) is 21.6. The molecule has 1 fully saturated rings. The number of benzene rings is 1. The molecule has 1 aliphatic rings. The first-order valence-electron chi connectivity index (χ1n) is 12.1. The lowest BCUT2D eigenvalue weighted by molar-refractivity contribution is 0.0962. The number of amidine groups is 1. The summed E-state index contributed by atoms with van der Waals surface area (Å²) in [6.45, 7) is 5.77. The molecule has 0 radical (unpaired) electrons. The van der Waals surface area contributed by atoms with Crippen LogP contribution < -0.4 is 16.4 Å². The number of fused-ring (bicyclic) bond motifs is 1. The van der Waals surface area contributed by atoms with Gasteiger partial charge in [-0.25, -0.2) is 4.98 Å². The number of nitrogens with one attached hydrogen (secondary N) is 3. The summed E-state index contributed by atoms with van der Waals surface area (Å²) in [6.07, 6.45) is 4.72. The van der Waals surface area contributed by atoms with Crippen LogP contribution in [-0.2, 0) is 0 Å². The minimum atomic E-state index is -0.374. The first-order chi connectivity index (χ1) is 17.7. The summed E-state index contributed by atoms with van der Waals surface area (Å²) in [4.78, 5) is 17.9. The van der Waals surface area contributed by atoms with Crippen molar-refractivity contribution in [3.05, 3.63) is 52.8 Å². The fraction of sp³-hybridized carbons (Fsp3) is 0.308. The lowest BCUT2D eigenvalue weighted by Gasteiger charge is -2.15. The molecule has 11 heteroatoms. The summed E-state index contributed by atoms with van der Waals surface area (Å²) in [6, 6.07) is 6.53. The van der Waals surface area contributed by atoms with E-state index in [0.717, 1.165) is 41.7 Å². The normalized spacial score (nSPS) is 14.0. The van der Waals surface area contributed by atoms with E-state index in [4.69, 9.17) is 11.1 Å². The molecule has 192 valence electrons. The van der Waals surface area contributed by atoms with E-state index < -0.39 is 0 Å². The van der Waals surface area contributed by atoms with Gasteiger partial charge in [-0.15, -0.1) is 0 Å². The summed E-state index contributed by atoms with van der Waals surface area (Å²) in [5.41, 5.74) is 9.50. The van der Waals surface area contributed by atoms with E-state index in [2.05, 4.69) is 20.0 Å². The van der Waals surface area contributed by atoms with Crippen LogP contribution >= 0.6 is 11.5 Å². The Kier molecular flexibility index (Phi) is 6.24. The number of nitrogens with two attached hydrogens (primary N) is 1. The number of aryl methyl sites for hydroxylation is 1. The van der Waals surface area contributed by atoms with Gasteiger partial charge in [-0.3, -0.25) is 14.8 Å². The molecular weight excluding hydrogens is 490 g/mol. The third kappa shape index (κ3) is 4.57. The van der Waals surface area contributed by atoms with Crippen LogP contribution in [-0.4, -0.2) is 41.9 Å². The van der Waals surface area contributed by atoms with E-state index in [-0.39, 0.29) is 40.5 Å². The van der Waals surface area contributed by atoms with E-state index in [1.807, 2.05) is 33.0 Å². The molecule has 7 N–H and O–H groups in total. The molecule has 1 atom stereocenters. The Labute approximate surface area is 217 Å². The zero-order chi connectivity index (χ0) is 26.4. The molecule has 1 saturated carbocycles. The topological polar surface area (TPSA) is 162 Å². The van der Waals surface area contributed by atoms with Crippen LogP contribution in [0.15, 0.2) is 30.5 Å². The Morgan fingerprint density at radius 2 is 2.08 bits per heavy atom. The highest BCUT2D eigenvalue weighted by molar-refractivity contribution is 7.11. The van der Waals surface area contributed by atoms with E-state index in [9.17, 15) is 15.0 Å². The summed E-state index contributed by atoms with van der Waals surface area (Å²) in [5, 5.41) is 36.7. The van der Waals surface area contributed by atoms with Crippen LogP contribution in [0.25, 0.3) is 10.9 Å². The quantitative estimate of drug-likeness (QED) is 0.150. The third-order valence-corrected chi connectivity index (χ3v) is 7.37. The number of hydrogen-bond donors (Lipinski definition) is 6. The number of nitrogen functional groups attached to an aromatic ring is 1. The van der Waals surface area contributed by atoms with Crippen molar-refractivity contribution in [2.45, 2.75) is 52.0 Å². The number of pyridine rings is 1. The third-order valence-electron chi connectivity index (χ3n) is 6.62. The molecule has 0 bridgehead atoms. The van der Waals surface area contributed by atoms with E-state index >= 15 is 0 Å². The number of aromatic hydroxyl groups is 2. The monoisotopic (exact) mass is 519 g/mol. The SMILES string of the molecule is CCC(C)NC(=N)c1c(O)nsc1Nc1ccc(C(=O)n2cc(C3CC3)c3c(N)nc(C)cc32)c(O)c1. The van der Waals surface area contributed by atoms with Crippen molar-refractivity contribution in [1.82, 2.24) is 19.2 Å². The van der Waals surface area contributed by atoms with Crippen LogP contribution in [0.5, 0.6) is 11.6 Å². The smallest absolute Gasteiger partial charge is 0.266 e. The number of rotatable bonds is 7. The lowest BCUT2D eigenvalue weighted by Crippen LogP contribution is -2.32. The second kappa shape index (κ2) is 9.40. The van der Waals surface area contributed by atoms with Crippen molar-refractivity contribution in [3.63, 3.8) is 0 Å². The van der Waals surface area contributed by atoms with Crippen LogP contribution in [0, 0.1) is 12.3 Å². The number of carbonyl (C=O) groups excluding carboxylic acids is 1. The highest BCUT2D eigenvalue weighted by Gasteiger charge is 2.30. The Hall–Kier alpha value is -4.12. The number of aromatic nitrogens is 3. The van der Waals surface area contributed by atoms with Gasteiger partial charge in [0.25, 0.3) is 5.91 Å². The van der Waals surface area contributed by atoms with Gasteiger partial charge in [0.1, 0.15) is 28.0 Å². The fourth-order valence-corrected chi connectivity index (χ4v) is 5.09. The fourth-order valence-electron chi connectivity index (χ4n) is 4.37. The van der Waals surface area contributed by atoms with Gasteiger partial charge >= 0.3 is 0 Å². The van der Waals surface area contributed by atoms with E-state index in [1.165, 1.54) is 10.6 Å². The van der Waals surface area contributed by atoms with Crippen molar-refractivity contribution in [2.24, 2.45) is 0 Å². The molecular formula is C26H29N7O3S. The van der Waals surface area contributed by atoms with Crippen LogP contribution in [0.3, 0.4) is 0 Å². The van der Waals surface area contributed by atoms with Crippen molar-refractivity contribution < 1.29 is 15.0 Å². The Balaban J connectivity index is 1.45. The maximum Gasteiger partial charge on any atom is 0.266 e. The van der Waals surface area contributed by atoms with Gasteiger partial charge < -0.3 is 26.6 Å². The van der Waals surface area contributed by atoms with Crippen molar-refractivity contribution in [3.8, 4) is 11.6 Å². The maximum absolute atomic E-state index is 13.6. The molecule has 1 aromatic carbocycles. The Bertz CT molecular complexity index is 1540. The average Bonchev–Trinajstić information content (AvgIpc) is 3.53. The van der Waals surface area contributed by atoms with E-state index in [1.54, 1.807) is 12.1 Å². The molecule has 0 aliphatic heterocycles. The van der Waals surface area contributed by atoms with Gasteiger partial charge in [0.15, 0.2) is 0 Å². The van der Waals surface area contributed by atoms with Gasteiger partial charge in [0.2, 0.25) is 5.88 Å². The number of carbonyl (C=O) groups is 1. The summed E-state index contributed by atoms with van der Waals surface area (Å²) < 4.78 is 5.50. The van der Waals surface area contributed by atoms with Gasteiger partial charge in [-0.05, 0) is 74.3 Å². The highest BCUT2D eigenvalue weighted by atomic mass is 32.1. The van der Waals surface area contributed by atoms with Crippen molar-refractivity contribution in [2.75, 3.05) is 11.1 Å². The number of phenols is 1. The second-order valence-corrected chi connectivity index (χ2v) is 10.2. The predicted molar refractivity (Wildman–Crippen MR) is 145 cm³/mol. The minimum absolute atomic E-state index is 0.0501. The average molecular weight is 520 g/mol. The predicted octanol–water partition coefficient (Wildman–Crippen LogP) is 4.82. The summed E-state index contributed by atoms with van der Waals surface area (Å²) in [7, 11) is 0. The molecule has 37 heavy (non-hydrogen) atoms. The minimum Gasteiger partial charge on any atom is -0.507 e. The molecule has 1 aliphatic carbocycles. The van der Waals surface area contributed by atoms with Gasteiger partial charge in [-0.2, -0.15) is 4.37 Å². The molecule has 5 rings (SSSR count). The molecule has 10 nitrogen and oxygen atoms in total. The first kappa shape index (κ1) is 24.6. The largest absolute Gasteiger partial charge is 0.507 e. The number of anilines is 3. The number of nitrogens with zero attached hydrogens (tertiary/aromatic N) is 3. The number of hydrogen-bond acceptors (Lipinski definition) is 9. The molecule has 0 spiro atoms. The van der Waals surface area contributed by atoms with Gasteiger partial charge in [0.05, 0.1) is 11.1 Å². The molecule has 3 heterocycles. The molecule has 0 saturated heterocycles. The number of phenolic OH excluding ortho intramolecular Hbond substituents is 1. The maximum atomic E-state index is 13.6.